The number of hydrogen-bond acceptors (Lipinski definition) is 4. The first kappa shape index (κ1) is 14.3. The summed E-state index contributed by atoms with van der Waals surface area (Å²) in [7, 11) is 0. The molecule has 0 spiro atoms. The van der Waals surface area contributed by atoms with Crippen LogP contribution in [0.5, 0.6) is 0 Å². The van der Waals surface area contributed by atoms with E-state index < -0.39 is 0 Å². The van der Waals surface area contributed by atoms with E-state index in [4.69, 9.17) is 4.42 Å². The fraction of sp³-hybridized carbons (Fsp3) is 0.429. The van der Waals surface area contributed by atoms with Crippen molar-refractivity contribution in [3.63, 3.8) is 0 Å². The summed E-state index contributed by atoms with van der Waals surface area (Å²) in [6.45, 7) is 4.91. The first-order valence-corrected chi connectivity index (χ1v) is 7.73. The van der Waals surface area contributed by atoms with Gasteiger partial charge in [-0.25, -0.2) is 0 Å². The predicted octanol–water partition coefficient (Wildman–Crippen LogP) is 3.90. The van der Waals surface area contributed by atoms with Crippen molar-refractivity contribution in [2.75, 3.05) is 11.9 Å². The van der Waals surface area contributed by atoms with E-state index in [0.29, 0.717) is 20.9 Å². The van der Waals surface area contributed by atoms with Crippen LogP contribution in [0, 0.1) is 0 Å². The maximum atomic E-state index is 12.0. The normalized spacial score (nSPS) is 12.6. The lowest BCUT2D eigenvalue weighted by molar-refractivity contribution is 0.589. The highest BCUT2D eigenvalue weighted by Gasteiger charge is 2.10. The average Bonchev–Trinajstić information content (AvgIpc) is 2.44. The van der Waals surface area contributed by atoms with Crippen LogP contribution in [0.1, 0.15) is 36.2 Å². The Kier molecular flexibility index (Phi) is 4.79. The molecule has 0 aliphatic carbocycles. The van der Waals surface area contributed by atoms with Gasteiger partial charge < -0.3 is 9.73 Å². The van der Waals surface area contributed by atoms with Crippen LogP contribution >= 0.6 is 22.6 Å². The summed E-state index contributed by atoms with van der Waals surface area (Å²) in [6.07, 6.45) is 1.98. The number of fused-ring (bicyclic) bond motifs is 1. The first-order valence-electron chi connectivity index (χ1n) is 6.48. The minimum absolute atomic E-state index is 0.235. The lowest BCUT2D eigenvalue weighted by Crippen LogP contribution is -2.11. The molecule has 0 radical (unpaired) electrons. The van der Waals surface area contributed by atoms with E-state index in [9.17, 15) is 4.79 Å². The van der Waals surface area contributed by atoms with E-state index in [-0.39, 0.29) is 5.56 Å². The number of anilines is 1. The molecule has 0 bridgehead atoms. The Hall–Kier alpha value is -1.11. The molecular formula is C14H17IN2O2. The van der Waals surface area contributed by atoms with Crippen molar-refractivity contribution < 1.29 is 4.42 Å². The molecule has 0 amide bonds. The van der Waals surface area contributed by atoms with Gasteiger partial charge in [-0.1, -0.05) is 42.5 Å². The molecule has 4 nitrogen and oxygen atoms in total. The van der Waals surface area contributed by atoms with Gasteiger partial charge in [-0.05, 0) is 30.5 Å². The fourth-order valence-corrected chi connectivity index (χ4v) is 2.21. The van der Waals surface area contributed by atoms with Crippen LogP contribution in [0.15, 0.2) is 27.4 Å². The zero-order valence-electron chi connectivity index (χ0n) is 11.1. The lowest BCUT2D eigenvalue weighted by Gasteiger charge is -2.08. The maximum absolute atomic E-state index is 12.0. The number of alkyl halides is 1. The molecule has 1 atom stereocenters. The van der Waals surface area contributed by atoms with Crippen LogP contribution in [0.4, 0.5) is 6.01 Å². The molecule has 0 aliphatic rings. The van der Waals surface area contributed by atoms with Gasteiger partial charge in [0.15, 0.2) is 0 Å². The standard InChI is InChI=1S/C14H17IN2O2/c1-3-7-16-14-17-13(18)10-8-9(11(15)4-2)5-6-12(10)19-14/h5-6,8,11H,3-4,7H2,1-2H3,(H,16,17,18). The molecule has 1 aromatic heterocycles. The third-order valence-electron chi connectivity index (χ3n) is 2.89. The molecule has 102 valence electrons. The summed E-state index contributed by atoms with van der Waals surface area (Å²) >= 11 is 2.38. The number of benzene rings is 1. The van der Waals surface area contributed by atoms with Gasteiger partial charge in [-0.3, -0.25) is 4.79 Å². The summed E-state index contributed by atoms with van der Waals surface area (Å²) in [5, 5.41) is 3.55. The van der Waals surface area contributed by atoms with Crippen molar-refractivity contribution in [3.8, 4) is 0 Å². The Morgan fingerprint density at radius 2 is 2.21 bits per heavy atom. The third-order valence-corrected chi connectivity index (χ3v) is 4.49. The van der Waals surface area contributed by atoms with Crippen molar-refractivity contribution in [1.29, 1.82) is 0 Å². The van der Waals surface area contributed by atoms with Gasteiger partial charge in [-0.2, -0.15) is 4.98 Å². The Morgan fingerprint density at radius 1 is 1.42 bits per heavy atom. The van der Waals surface area contributed by atoms with Crippen LogP contribution in [0.3, 0.4) is 0 Å². The lowest BCUT2D eigenvalue weighted by atomic mass is 10.1. The van der Waals surface area contributed by atoms with Crippen LogP contribution in [0.25, 0.3) is 11.0 Å². The Bertz CT molecular complexity index is 624. The highest BCUT2D eigenvalue weighted by Crippen LogP contribution is 2.28. The van der Waals surface area contributed by atoms with Gasteiger partial charge in [0.25, 0.3) is 11.6 Å². The second kappa shape index (κ2) is 6.36. The van der Waals surface area contributed by atoms with Gasteiger partial charge in [0.2, 0.25) is 0 Å². The van der Waals surface area contributed by atoms with Crippen molar-refractivity contribution in [2.24, 2.45) is 0 Å². The fourth-order valence-electron chi connectivity index (χ4n) is 1.82. The zero-order valence-corrected chi connectivity index (χ0v) is 13.2. The van der Waals surface area contributed by atoms with Gasteiger partial charge in [-0.15, -0.1) is 0 Å². The van der Waals surface area contributed by atoms with Gasteiger partial charge in [0, 0.05) is 10.5 Å². The number of nitrogens with zero attached hydrogens (tertiary/aromatic N) is 1. The second-order valence-corrected chi connectivity index (χ2v) is 5.89. The molecule has 2 aromatic rings. The molecule has 0 aliphatic heterocycles. The molecule has 1 N–H and O–H groups in total. The summed E-state index contributed by atoms with van der Waals surface area (Å²) in [4.78, 5) is 15.9. The van der Waals surface area contributed by atoms with Crippen molar-refractivity contribution in [1.82, 2.24) is 4.98 Å². The molecule has 1 aromatic carbocycles. The van der Waals surface area contributed by atoms with E-state index in [0.717, 1.165) is 24.9 Å². The van der Waals surface area contributed by atoms with Gasteiger partial charge in [0.1, 0.15) is 5.58 Å². The van der Waals surface area contributed by atoms with Crippen LogP contribution in [-0.4, -0.2) is 11.5 Å². The summed E-state index contributed by atoms with van der Waals surface area (Å²) < 4.78 is 5.99. The van der Waals surface area contributed by atoms with Crippen LogP contribution in [-0.2, 0) is 0 Å². The Labute approximate surface area is 125 Å². The smallest absolute Gasteiger partial charge is 0.298 e. The molecule has 0 saturated carbocycles. The van der Waals surface area contributed by atoms with Crippen molar-refractivity contribution in [3.05, 3.63) is 34.1 Å². The molecule has 0 fully saturated rings. The van der Waals surface area contributed by atoms with Gasteiger partial charge >= 0.3 is 0 Å². The van der Waals surface area contributed by atoms with Crippen molar-refractivity contribution >= 4 is 39.6 Å². The second-order valence-electron chi connectivity index (χ2n) is 4.38. The van der Waals surface area contributed by atoms with Crippen LogP contribution < -0.4 is 10.9 Å². The number of halogens is 1. The third kappa shape index (κ3) is 3.26. The summed E-state index contributed by atoms with van der Waals surface area (Å²) in [5.41, 5.74) is 1.49. The van der Waals surface area contributed by atoms with Crippen LogP contribution in [0.2, 0.25) is 0 Å². The molecular weight excluding hydrogens is 355 g/mol. The van der Waals surface area contributed by atoms with E-state index in [2.05, 4.69) is 39.8 Å². The molecule has 2 rings (SSSR count). The maximum Gasteiger partial charge on any atom is 0.298 e. The Morgan fingerprint density at radius 3 is 2.89 bits per heavy atom. The largest absolute Gasteiger partial charge is 0.425 e. The summed E-state index contributed by atoms with van der Waals surface area (Å²) in [5.74, 6) is 0. The molecule has 0 saturated heterocycles. The van der Waals surface area contributed by atoms with Crippen molar-refractivity contribution in [2.45, 2.75) is 30.6 Å². The predicted molar refractivity (Wildman–Crippen MR) is 86.1 cm³/mol. The highest BCUT2D eigenvalue weighted by molar-refractivity contribution is 14.1. The minimum atomic E-state index is -0.235. The van der Waals surface area contributed by atoms with E-state index >= 15 is 0 Å². The van der Waals surface area contributed by atoms with E-state index in [1.807, 2.05) is 25.1 Å². The molecule has 1 unspecified atom stereocenters. The van der Waals surface area contributed by atoms with Gasteiger partial charge in [0.05, 0.1) is 5.39 Å². The number of aromatic nitrogens is 1. The monoisotopic (exact) mass is 372 g/mol. The quantitative estimate of drug-likeness (QED) is 0.639. The number of rotatable bonds is 5. The molecule has 5 heteroatoms. The zero-order chi connectivity index (χ0) is 13.8. The summed E-state index contributed by atoms with van der Waals surface area (Å²) in [6, 6.07) is 6.05. The number of hydrogen-bond donors (Lipinski definition) is 1. The Balaban J connectivity index is 2.45. The SMILES string of the molecule is CCCNc1nc(=O)c2cc(C(I)CC)ccc2o1. The molecule has 1 heterocycles. The average molecular weight is 372 g/mol. The highest BCUT2D eigenvalue weighted by atomic mass is 127. The van der Waals surface area contributed by atoms with E-state index in [1.54, 1.807) is 0 Å². The minimum Gasteiger partial charge on any atom is -0.425 e. The van der Waals surface area contributed by atoms with E-state index in [1.165, 1.54) is 0 Å². The number of nitrogens with one attached hydrogen (secondary N) is 1. The topological polar surface area (TPSA) is 55.1 Å². The first-order chi connectivity index (χ1) is 9.15. The molecule has 19 heavy (non-hydrogen) atoms.